The van der Waals surface area contributed by atoms with Gasteiger partial charge in [-0.1, -0.05) is 23.8 Å². The van der Waals surface area contributed by atoms with Crippen molar-refractivity contribution in [1.82, 2.24) is 15.1 Å². The van der Waals surface area contributed by atoms with Gasteiger partial charge in [0.2, 0.25) is 6.41 Å². The number of anilines is 2. The number of amidine groups is 1. The molecule has 184 valence electrons. The van der Waals surface area contributed by atoms with Crippen LogP contribution in [0.4, 0.5) is 15.8 Å². The molecule has 9 nitrogen and oxygen atoms in total. The molecule has 34 heavy (non-hydrogen) atoms. The molecule has 1 aromatic carbocycles. The van der Waals surface area contributed by atoms with Gasteiger partial charge < -0.3 is 10.0 Å². The molecular formula is C23H30ClFN6O3. The number of amides is 1. The van der Waals surface area contributed by atoms with E-state index in [9.17, 15) is 19.1 Å². The first-order valence-corrected chi connectivity index (χ1v) is 11.0. The Hall–Kier alpha value is -3.24. The number of hydrogen-bond acceptors (Lipinski definition) is 7. The Morgan fingerprint density at radius 3 is 2.53 bits per heavy atom. The van der Waals surface area contributed by atoms with Crippen molar-refractivity contribution < 1.29 is 19.1 Å². The van der Waals surface area contributed by atoms with E-state index in [4.69, 9.17) is 11.6 Å². The van der Waals surface area contributed by atoms with Crippen LogP contribution in [0.2, 0.25) is 5.15 Å². The van der Waals surface area contributed by atoms with E-state index >= 15 is 0 Å². The Morgan fingerprint density at radius 1 is 1.38 bits per heavy atom. The highest BCUT2D eigenvalue weighted by Gasteiger charge is 2.24. The molecule has 0 aliphatic rings. The number of aromatic nitrogens is 2. The number of H-pyrrole nitrogens is 1. The maximum Gasteiger partial charge on any atom is 0.215 e. The highest BCUT2D eigenvalue weighted by molar-refractivity contribution is 6.32. The summed E-state index contributed by atoms with van der Waals surface area (Å²) in [6, 6.07) is 2.68. The van der Waals surface area contributed by atoms with Gasteiger partial charge in [-0.15, -0.1) is 0 Å². The van der Waals surface area contributed by atoms with Crippen LogP contribution in [0.3, 0.4) is 0 Å². The van der Waals surface area contributed by atoms with E-state index in [0.717, 1.165) is 17.3 Å². The van der Waals surface area contributed by atoms with Crippen LogP contribution < -0.4 is 9.91 Å². The van der Waals surface area contributed by atoms with Crippen LogP contribution in [0.1, 0.15) is 41.4 Å². The number of aliphatic hydroxyl groups is 1. The molecule has 0 bridgehead atoms. The van der Waals surface area contributed by atoms with Gasteiger partial charge in [-0.2, -0.15) is 10.2 Å². The molecule has 0 spiro atoms. The maximum atomic E-state index is 15.0. The quantitative estimate of drug-likeness (QED) is 0.164. The molecule has 2 rings (SSSR count). The number of carbonyl (C=O) groups excluding carboxylic acids is 2. The fourth-order valence-corrected chi connectivity index (χ4v) is 4.02. The molecule has 2 aromatic rings. The molecule has 0 fully saturated rings. The lowest BCUT2D eigenvalue weighted by Gasteiger charge is -2.28. The van der Waals surface area contributed by atoms with E-state index in [0.29, 0.717) is 35.6 Å². The second kappa shape index (κ2) is 11.8. The topological polar surface area (TPSA) is 105 Å². The number of benzene rings is 1. The van der Waals surface area contributed by atoms with Crippen molar-refractivity contribution in [3.63, 3.8) is 0 Å². The number of aromatic amines is 1. The Bertz CT molecular complexity index is 1070. The third-order valence-corrected chi connectivity index (χ3v) is 5.78. The van der Waals surface area contributed by atoms with Gasteiger partial charge in [0.15, 0.2) is 11.0 Å². The van der Waals surface area contributed by atoms with Crippen LogP contribution in [0.15, 0.2) is 29.4 Å². The molecule has 0 aliphatic carbocycles. The van der Waals surface area contributed by atoms with Crippen molar-refractivity contribution in [2.75, 3.05) is 43.7 Å². The highest BCUT2D eigenvalue weighted by atomic mass is 35.5. The lowest BCUT2D eigenvalue weighted by atomic mass is 9.88. The third-order valence-electron chi connectivity index (χ3n) is 5.52. The number of nitrogens with one attached hydrogen (secondary N) is 1. The number of aliphatic hydroxyl groups excluding tert-OH is 1. The highest BCUT2D eigenvalue weighted by Crippen LogP contribution is 2.34. The number of likely N-dealkylation sites (N-methyl/N-ethyl adjacent to an activating group) is 2. The van der Waals surface area contributed by atoms with Gasteiger partial charge in [0.25, 0.3) is 0 Å². The number of hydrogen-bond donors (Lipinski definition) is 2. The van der Waals surface area contributed by atoms with Crippen LogP contribution in [-0.2, 0) is 4.79 Å². The van der Waals surface area contributed by atoms with Crippen molar-refractivity contribution in [2.24, 2.45) is 5.10 Å². The monoisotopic (exact) mass is 492 g/mol. The molecule has 1 atom stereocenters. The summed E-state index contributed by atoms with van der Waals surface area (Å²) in [5.74, 6) is -0.973. The number of hydrazone groups is 1. The minimum atomic E-state index is -0.675. The smallest absolute Gasteiger partial charge is 0.215 e. The van der Waals surface area contributed by atoms with Crippen LogP contribution in [0.5, 0.6) is 0 Å². The number of aryl methyl sites for hydroxylation is 1. The second-order valence-corrected chi connectivity index (χ2v) is 8.27. The van der Waals surface area contributed by atoms with E-state index in [1.54, 1.807) is 6.92 Å². The first kappa shape index (κ1) is 27.0. The molecule has 1 heterocycles. The molecule has 1 aromatic heterocycles. The van der Waals surface area contributed by atoms with Crippen LogP contribution >= 0.6 is 11.6 Å². The molecule has 2 N–H and O–H groups in total. The van der Waals surface area contributed by atoms with Gasteiger partial charge in [0.1, 0.15) is 18.7 Å². The Kier molecular flexibility index (Phi) is 9.34. The zero-order valence-electron chi connectivity index (χ0n) is 20.0. The molecule has 0 radical (unpaired) electrons. The summed E-state index contributed by atoms with van der Waals surface area (Å²) in [7, 11) is 3.33. The van der Waals surface area contributed by atoms with Gasteiger partial charge in [0, 0.05) is 38.7 Å². The number of rotatable bonds is 11. The van der Waals surface area contributed by atoms with Crippen molar-refractivity contribution in [1.29, 1.82) is 0 Å². The normalized spacial score (nSPS) is 12.3. The van der Waals surface area contributed by atoms with E-state index in [-0.39, 0.29) is 29.5 Å². The van der Waals surface area contributed by atoms with Crippen LogP contribution in [0, 0.1) is 12.7 Å². The van der Waals surface area contributed by atoms with E-state index in [1.807, 2.05) is 25.8 Å². The van der Waals surface area contributed by atoms with Crippen molar-refractivity contribution in [3.05, 3.63) is 52.1 Å². The second-order valence-electron chi connectivity index (χ2n) is 7.91. The molecule has 0 saturated carbocycles. The lowest BCUT2D eigenvalue weighted by Crippen LogP contribution is -2.34. The molecule has 0 saturated heterocycles. The average Bonchev–Trinajstić information content (AvgIpc) is 3.14. The largest absolute Gasteiger partial charge is 0.388 e. The van der Waals surface area contributed by atoms with Gasteiger partial charge >= 0.3 is 0 Å². The molecule has 1 unspecified atom stereocenters. The summed E-state index contributed by atoms with van der Waals surface area (Å²) in [5, 5.41) is 22.2. The standard InChI is InChI=1S/C23H30ClFN6O3/c1-7-31(13-34)21(12-33)28-30(6)20-9-17(16(11-32)8-19(20)25)18(14(2)3)10-29(5)22-15(4)26-27-23(22)24/h8-9,11,13,18,33H,2,7,10,12H2,1,3-6H3,(H,26,27)/b28-21-. The molecule has 1 amide bonds. The van der Waals surface area contributed by atoms with Gasteiger partial charge in [-0.25, -0.2) is 4.39 Å². The predicted molar refractivity (Wildman–Crippen MR) is 132 cm³/mol. The van der Waals surface area contributed by atoms with Crippen molar-refractivity contribution >= 4 is 41.5 Å². The fraction of sp³-hybridized carbons (Fsp3) is 0.391. The van der Waals surface area contributed by atoms with Crippen molar-refractivity contribution in [3.8, 4) is 0 Å². The zero-order valence-corrected chi connectivity index (χ0v) is 20.7. The van der Waals surface area contributed by atoms with Gasteiger partial charge in [0.05, 0.1) is 17.1 Å². The number of halogens is 2. The summed E-state index contributed by atoms with van der Waals surface area (Å²) in [4.78, 5) is 26.2. The Morgan fingerprint density at radius 2 is 2.06 bits per heavy atom. The minimum absolute atomic E-state index is 0.0571. The molecule has 11 heteroatoms. The maximum absolute atomic E-state index is 15.0. The molecular weight excluding hydrogens is 463 g/mol. The summed E-state index contributed by atoms with van der Waals surface area (Å²) >= 11 is 6.22. The summed E-state index contributed by atoms with van der Waals surface area (Å²) < 4.78 is 15.0. The Balaban J connectivity index is 2.54. The van der Waals surface area contributed by atoms with E-state index in [2.05, 4.69) is 21.9 Å². The third kappa shape index (κ3) is 5.81. The molecule has 0 aliphatic heterocycles. The van der Waals surface area contributed by atoms with Gasteiger partial charge in [-0.05, 0) is 38.5 Å². The van der Waals surface area contributed by atoms with Gasteiger partial charge in [-0.3, -0.25) is 24.6 Å². The number of aldehydes is 1. The first-order valence-electron chi connectivity index (χ1n) is 10.6. The van der Waals surface area contributed by atoms with Crippen LogP contribution in [-0.4, -0.2) is 72.5 Å². The average molecular weight is 493 g/mol. The van der Waals surface area contributed by atoms with Crippen LogP contribution in [0.25, 0.3) is 0 Å². The van der Waals surface area contributed by atoms with E-state index in [1.165, 1.54) is 23.0 Å². The lowest BCUT2D eigenvalue weighted by molar-refractivity contribution is -0.114. The number of nitrogens with zero attached hydrogens (tertiary/aromatic N) is 5. The summed E-state index contributed by atoms with van der Waals surface area (Å²) in [6.07, 6.45) is 1.14. The van der Waals surface area contributed by atoms with Crippen molar-refractivity contribution in [2.45, 2.75) is 26.7 Å². The number of carbonyl (C=O) groups is 2. The SMILES string of the molecule is C=C(C)C(CN(C)c1c(Cl)n[nH]c1C)c1cc(N(C)/N=C(/CO)N(C=O)CC)c(F)cc1C=O. The Labute approximate surface area is 203 Å². The minimum Gasteiger partial charge on any atom is -0.388 e. The first-order chi connectivity index (χ1) is 16.1. The zero-order chi connectivity index (χ0) is 25.6. The summed E-state index contributed by atoms with van der Waals surface area (Å²) in [6.45, 7) is 9.64. The van der Waals surface area contributed by atoms with E-state index < -0.39 is 12.4 Å². The summed E-state index contributed by atoms with van der Waals surface area (Å²) in [5.41, 5.74) is 3.05. The predicted octanol–water partition coefficient (Wildman–Crippen LogP) is 3.34. The fourth-order valence-electron chi connectivity index (χ4n) is 3.69.